The van der Waals surface area contributed by atoms with Crippen molar-refractivity contribution in [3.63, 3.8) is 0 Å². The van der Waals surface area contributed by atoms with Crippen LogP contribution in [0.2, 0.25) is 0 Å². The molecule has 0 amide bonds. The van der Waals surface area contributed by atoms with E-state index in [0.29, 0.717) is 0 Å². The van der Waals surface area contributed by atoms with Gasteiger partial charge in [-0.3, -0.25) is 5.43 Å². The Morgan fingerprint density at radius 1 is 1.40 bits per heavy atom. The molecular formula is C5H7N5. The zero-order chi connectivity index (χ0) is 6.81. The Kier molecular flexibility index (Phi) is 1.08. The van der Waals surface area contributed by atoms with Gasteiger partial charge in [0.15, 0.2) is 5.84 Å². The van der Waals surface area contributed by atoms with E-state index in [0.717, 1.165) is 11.5 Å². The van der Waals surface area contributed by atoms with Crippen LogP contribution < -0.4 is 16.5 Å². The molecule has 0 aliphatic carbocycles. The molecule has 2 heterocycles. The van der Waals surface area contributed by atoms with Crippen LogP contribution in [0.1, 0.15) is 5.69 Å². The normalized spacial score (nSPS) is 15.8. The maximum Gasteiger partial charge on any atom is 0.186 e. The van der Waals surface area contributed by atoms with E-state index < -0.39 is 0 Å². The van der Waals surface area contributed by atoms with Crippen LogP contribution in [0, 0.1) is 0 Å². The molecule has 10 heavy (non-hydrogen) atoms. The summed E-state index contributed by atoms with van der Waals surface area (Å²) in [4.78, 5) is 3.01. The van der Waals surface area contributed by atoms with Gasteiger partial charge in [0.2, 0.25) is 0 Å². The predicted octanol–water partition coefficient (Wildman–Crippen LogP) is -0.711. The van der Waals surface area contributed by atoms with Crippen molar-refractivity contribution in [2.75, 3.05) is 0 Å². The highest BCUT2D eigenvalue weighted by atomic mass is 15.8. The van der Waals surface area contributed by atoms with Gasteiger partial charge in [0.1, 0.15) is 0 Å². The van der Waals surface area contributed by atoms with E-state index >= 15 is 0 Å². The topological polar surface area (TPSA) is 64.2 Å². The van der Waals surface area contributed by atoms with Crippen molar-refractivity contribution in [1.29, 1.82) is 0 Å². The molecule has 0 aromatic carbocycles. The van der Waals surface area contributed by atoms with Crippen molar-refractivity contribution < 1.29 is 0 Å². The second-order valence-corrected chi connectivity index (χ2v) is 1.91. The fourth-order valence-corrected chi connectivity index (χ4v) is 0.804. The van der Waals surface area contributed by atoms with E-state index in [9.17, 15) is 0 Å². The van der Waals surface area contributed by atoms with Gasteiger partial charge in [0.05, 0.1) is 5.69 Å². The molecule has 0 saturated heterocycles. The third kappa shape index (κ3) is 0.725. The molecule has 0 unspecified atom stereocenters. The summed E-state index contributed by atoms with van der Waals surface area (Å²) in [5.74, 6) is 0.769. The smallest absolute Gasteiger partial charge is 0.186 e. The van der Waals surface area contributed by atoms with Gasteiger partial charge in [-0.05, 0) is 12.1 Å². The highest BCUT2D eigenvalue weighted by molar-refractivity contribution is 5.97. The molecule has 1 aromatic rings. The zero-order valence-electron chi connectivity index (χ0n) is 5.18. The molecule has 52 valence electrons. The van der Waals surface area contributed by atoms with Gasteiger partial charge in [-0.15, -0.1) is 10.6 Å². The minimum absolute atomic E-state index is 0.769. The number of hydrogen-bond donors (Lipinski definition) is 4. The lowest BCUT2D eigenvalue weighted by molar-refractivity contribution is 0.577. The average Bonchev–Trinajstić information content (AvgIpc) is 2.59. The third-order valence-electron chi connectivity index (χ3n) is 1.26. The number of amidine groups is 1. The van der Waals surface area contributed by atoms with Crippen molar-refractivity contribution in [2.24, 2.45) is 5.10 Å². The van der Waals surface area contributed by atoms with Crippen LogP contribution >= 0.6 is 0 Å². The lowest BCUT2D eigenvalue weighted by Gasteiger charge is -1.94. The maximum atomic E-state index is 3.89. The SMILES string of the molecule is c1c[nH]c(C2=NNNN2)c1. The number of nitrogens with one attached hydrogen (secondary N) is 4. The van der Waals surface area contributed by atoms with Crippen molar-refractivity contribution >= 4 is 5.84 Å². The van der Waals surface area contributed by atoms with E-state index in [1.807, 2.05) is 18.3 Å². The molecule has 2 rings (SSSR count). The second kappa shape index (κ2) is 2.03. The van der Waals surface area contributed by atoms with Crippen LogP contribution in [0.5, 0.6) is 0 Å². The quantitative estimate of drug-likeness (QED) is 0.413. The fraction of sp³-hybridized carbons (Fsp3) is 0. The highest BCUT2D eigenvalue weighted by Gasteiger charge is 2.06. The number of hydrogen-bond acceptors (Lipinski definition) is 4. The Morgan fingerprint density at radius 3 is 3.00 bits per heavy atom. The van der Waals surface area contributed by atoms with Crippen LogP contribution in [-0.2, 0) is 0 Å². The molecule has 0 saturated carbocycles. The number of aromatic nitrogens is 1. The van der Waals surface area contributed by atoms with E-state index in [1.165, 1.54) is 0 Å². The zero-order valence-corrected chi connectivity index (χ0v) is 5.18. The molecule has 0 radical (unpaired) electrons. The molecule has 5 heteroatoms. The first-order chi connectivity index (χ1) is 4.97. The number of hydrazine groups is 2. The van der Waals surface area contributed by atoms with Gasteiger partial charge in [-0.25, -0.2) is 5.53 Å². The molecule has 0 spiro atoms. The first-order valence-corrected chi connectivity index (χ1v) is 2.94. The number of nitrogens with zero attached hydrogens (tertiary/aromatic N) is 1. The Balaban J connectivity index is 2.28. The molecule has 0 atom stereocenters. The lowest BCUT2D eigenvalue weighted by atomic mass is 10.4. The summed E-state index contributed by atoms with van der Waals surface area (Å²) in [5.41, 5.74) is 8.98. The summed E-state index contributed by atoms with van der Waals surface area (Å²) < 4.78 is 0. The molecule has 0 fully saturated rings. The molecule has 1 aliphatic heterocycles. The maximum absolute atomic E-state index is 3.89. The van der Waals surface area contributed by atoms with Gasteiger partial charge in [-0.2, -0.15) is 0 Å². The van der Waals surface area contributed by atoms with Crippen molar-refractivity contribution in [2.45, 2.75) is 0 Å². The van der Waals surface area contributed by atoms with Crippen molar-refractivity contribution in [3.05, 3.63) is 24.0 Å². The summed E-state index contributed by atoms with van der Waals surface area (Å²) in [5, 5.41) is 3.89. The Morgan fingerprint density at radius 2 is 2.40 bits per heavy atom. The Labute approximate surface area is 57.5 Å². The van der Waals surface area contributed by atoms with E-state index in [4.69, 9.17) is 0 Å². The van der Waals surface area contributed by atoms with Gasteiger partial charge in [0.25, 0.3) is 0 Å². The van der Waals surface area contributed by atoms with E-state index in [1.54, 1.807) is 0 Å². The van der Waals surface area contributed by atoms with Crippen LogP contribution in [0.15, 0.2) is 23.4 Å². The number of hydrazone groups is 1. The highest BCUT2D eigenvalue weighted by Crippen LogP contribution is 1.94. The van der Waals surface area contributed by atoms with Gasteiger partial charge >= 0.3 is 0 Å². The largest absolute Gasteiger partial charge is 0.359 e. The van der Waals surface area contributed by atoms with Gasteiger partial charge in [0, 0.05) is 6.20 Å². The van der Waals surface area contributed by atoms with Gasteiger partial charge < -0.3 is 4.98 Å². The van der Waals surface area contributed by atoms with E-state index in [-0.39, 0.29) is 0 Å². The summed E-state index contributed by atoms with van der Waals surface area (Å²) >= 11 is 0. The minimum atomic E-state index is 0.769. The summed E-state index contributed by atoms with van der Waals surface area (Å²) in [7, 11) is 0. The third-order valence-corrected chi connectivity index (χ3v) is 1.26. The standard InChI is InChI=1S/C5H7N5/c1-2-4(6-3-1)5-7-9-10-8-5/h1-3,6,9-10H,(H,7,8). The van der Waals surface area contributed by atoms with Crippen molar-refractivity contribution in [1.82, 2.24) is 21.5 Å². The van der Waals surface area contributed by atoms with Crippen LogP contribution in [0.3, 0.4) is 0 Å². The first kappa shape index (κ1) is 5.31. The summed E-state index contributed by atoms with van der Waals surface area (Å²) in [6.45, 7) is 0. The molecule has 5 nitrogen and oxygen atoms in total. The lowest BCUT2D eigenvalue weighted by Crippen LogP contribution is -2.35. The molecule has 1 aliphatic rings. The predicted molar refractivity (Wildman–Crippen MR) is 36.7 cm³/mol. The van der Waals surface area contributed by atoms with Crippen molar-refractivity contribution in [3.8, 4) is 0 Å². The van der Waals surface area contributed by atoms with Crippen LogP contribution in [0.25, 0.3) is 0 Å². The second-order valence-electron chi connectivity index (χ2n) is 1.91. The fourth-order valence-electron chi connectivity index (χ4n) is 0.804. The molecular weight excluding hydrogens is 130 g/mol. The molecule has 0 bridgehead atoms. The summed E-state index contributed by atoms with van der Waals surface area (Å²) in [6.07, 6.45) is 1.85. The first-order valence-electron chi connectivity index (χ1n) is 2.94. The number of H-pyrrole nitrogens is 1. The average molecular weight is 137 g/mol. The van der Waals surface area contributed by atoms with Crippen LogP contribution in [-0.4, -0.2) is 10.8 Å². The summed E-state index contributed by atoms with van der Waals surface area (Å²) in [6, 6.07) is 3.85. The van der Waals surface area contributed by atoms with E-state index in [2.05, 4.69) is 26.6 Å². The van der Waals surface area contributed by atoms with Crippen LogP contribution in [0.4, 0.5) is 0 Å². The Bertz CT molecular complexity index is 237. The van der Waals surface area contributed by atoms with Gasteiger partial charge in [-0.1, -0.05) is 0 Å². The molecule has 4 N–H and O–H groups in total. The minimum Gasteiger partial charge on any atom is -0.359 e. The number of aromatic amines is 1. The monoisotopic (exact) mass is 137 g/mol. The number of rotatable bonds is 1. The Hall–Kier alpha value is -1.49. The molecule has 1 aromatic heterocycles.